The minimum atomic E-state index is -3.42. The molecule has 4 aromatic carbocycles. The van der Waals surface area contributed by atoms with Gasteiger partial charge in [-0.2, -0.15) is 4.57 Å². The quantitative estimate of drug-likeness (QED) is 0.0481. The summed E-state index contributed by atoms with van der Waals surface area (Å²) in [6, 6.07) is 47.6. The molecule has 0 saturated carbocycles. The van der Waals surface area contributed by atoms with Crippen molar-refractivity contribution in [3.05, 3.63) is 176 Å². The first-order valence-corrected chi connectivity index (χ1v) is 17.1. The lowest BCUT2D eigenvalue weighted by Crippen LogP contribution is -2.38. The molecule has 12 heteroatoms. The van der Waals surface area contributed by atoms with Crippen molar-refractivity contribution in [2.24, 2.45) is 0 Å². The summed E-state index contributed by atoms with van der Waals surface area (Å²) < 4.78 is 43.6. The molecule has 0 radical (unpaired) electrons. The third-order valence-corrected chi connectivity index (χ3v) is 8.65. The fourth-order valence-corrected chi connectivity index (χ4v) is 6.38. The van der Waals surface area contributed by atoms with Crippen LogP contribution >= 0.6 is 0 Å². The maximum absolute atomic E-state index is 9.78. The molecule has 1 aliphatic heterocycles. The minimum absolute atomic E-state index is 0.118. The second-order valence-electron chi connectivity index (χ2n) is 12.0. The van der Waals surface area contributed by atoms with Gasteiger partial charge in [-0.3, -0.25) is 0 Å². The predicted molar refractivity (Wildman–Crippen MR) is 200 cm³/mol. The van der Waals surface area contributed by atoms with E-state index in [1.165, 1.54) is 45.1 Å². The zero-order valence-corrected chi connectivity index (χ0v) is 29.0. The molecule has 0 spiro atoms. The number of rotatable bonds is 10. The van der Waals surface area contributed by atoms with E-state index in [-0.39, 0.29) is 6.04 Å². The van der Waals surface area contributed by atoms with Gasteiger partial charge in [0.2, 0.25) is 6.04 Å². The van der Waals surface area contributed by atoms with E-state index in [0.29, 0.717) is 0 Å². The molecule has 2 aromatic heterocycles. The highest BCUT2D eigenvalue weighted by Gasteiger charge is 2.28. The van der Waals surface area contributed by atoms with Crippen molar-refractivity contribution in [1.82, 2.24) is 0 Å². The van der Waals surface area contributed by atoms with Crippen molar-refractivity contribution < 1.29 is 36.4 Å². The fourth-order valence-electron chi connectivity index (χ4n) is 6.38. The van der Waals surface area contributed by atoms with Gasteiger partial charge in [-0.05, 0) is 60.0 Å². The Morgan fingerprint density at radius 1 is 0.585 bits per heavy atom. The Hall–Kier alpha value is -5.71. The molecule has 53 heavy (non-hydrogen) atoms. The van der Waals surface area contributed by atoms with Gasteiger partial charge in [-0.15, -0.1) is 0 Å². The fraction of sp³-hybridized carbons (Fsp3) is 0.122. The number of nitrogens with zero attached hydrogens (tertiary/aromatic N) is 4. The highest BCUT2D eigenvalue weighted by Crippen LogP contribution is 2.51. The molecule has 0 saturated heterocycles. The van der Waals surface area contributed by atoms with Gasteiger partial charge in [0.15, 0.2) is 24.8 Å². The molecule has 1 unspecified atom stereocenters. The number of allylic oxidation sites excluding steroid dienone is 1. The number of unbranched alkanes of at least 4 members (excludes halogenated alkanes) is 1. The van der Waals surface area contributed by atoms with Crippen LogP contribution in [0.25, 0.3) is 11.1 Å². The van der Waals surface area contributed by atoms with E-state index in [9.17, 15) is 17.3 Å². The standard InChI is InChI=1S/C41H38N4.2BF2O/c1-2-37(35-15-5-3-6-16-35)43-31-25-34(26-32-43)33-23-29-42(30-24-33)27-13-14-28-44-38-19-9-11-21-40(38)45(36-17-7-4-8-18-36)41-22-12-10-20-39(41)44;2*2-1(3)4/h2-12,15-26,29-32,37H,1,13-14,27-28H2;;/q+2;2*-1. The van der Waals surface area contributed by atoms with E-state index in [1.54, 1.807) is 0 Å². The van der Waals surface area contributed by atoms with Gasteiger partial charge in [0.05, 0.1) is 22.7 Å². The average molecular weight is 716 g/mol. The van der Waals surface area contributed by atoms with Crippen molar-refractivity contribution in [3.63, 3.8) is 0 Å². The molecule has 1 aliphatic rings. The first kappa shape index (κ1) is 38.5. The second-order valence-corrected chi connectivity index (χ2v) is 12.0. The Morgan fingerprint density at radius 2 is 1.02 bits per heavy atom. The number of halogens is 4. The van der Waals surface area contributed by atoms with E-state index in [0.717, 1.165) is 25.9 Å². The van der Waals surface area contributed by atoms with Crippen LogP contribution in [0.1, 0.15) is 24.4 Å². The lowest BCUT2D eigenvalue weighted by molar-refractivity contribution is -0.703. The predicted octanol–water partition coefficient (Wildman–Crippen LogP) is 7.65. The number of anilines is 5. The van der Waals surface area contributed by atoms with Crippen LogP contribution in [0.5, 0.6) is 0 Å². The van der Waals surface area contributed by atoms with E-state index < -0.39 is 14.9 Å². The van der Waals surface area contributed by atoms with E-state index in [2.05, 4.69) is 178 Å². The highest BCUT2D eigenvalue weighted by molar-refractivity contribution is 6.30. The van der Waals surface area contributed by atoms with Gasteiger partial charge in [0.25, 0.3) is 0 Å². The molecular weight excluding hydrogens is 678 g/mol. The molecule has 0 amide bonds. The summed E-state index contributed by atoms with van der Waals surface area (Å²) in [5.74, 6) is 0. The Kier molecular flexibility index (Phi) is 14.0. The number of aryl methyl sites for hydroxylation is 1. The summed E-state index contributed by atoms with van der Waals surface area (Å²) in [6.45, 7) is 6.02. The summed E-state index contributed by atoms with van der Waals surface area (Å²) in [7, 11) is -6.83. The smallest absolute Gasteiger partial charge is 0.447 e. The van der Waals surface area contributed by atoms with Crippen molar-refractivity contribution in [2.75, 3.05) is 16.3 Å². The number of para-hydroxylation sites is 5. The Labute approximate surface area is 308 Å². The molecule has 268 valence electrons. The molecule has 0 N–H and O–H groups in total. The van der Waals surface area contributed by atoms with Crippen molar-refractivity contribution in [1.29, 1.82) is 0 Å². The first-order valence-electron chi connectivity index (χ1n) is 17.1. The van der Waals surface area contributed by atoms with Crippen LogP contribution in [0.15, 0.2) is 171 Å². The SMILES string of the molecule is C=CC(c1ccccc1)[n+]1ccc(-c2cc[n+](CCCCN3c4ccccc4N(c4ccccc4)c4ccccc43)cc2)cc1.[O-]B(F)F.[O-]B(F)F. The number of aromatic nitrogens is 2. The maximum Gasteiger partial charge on any atom is 0.447 e. The Bertz CT molecular complexity index is 1950. The Morgan fingerprint density at radius 3 is 1.51 bits per heavy atom. The molecular formula is C41H38B2F4N4O2. The molecule has 6 nitrogen and oxygen atoms in total. The number of benzene rings is 4. The summed E-state index contributed by atoms with van der Waals surface area (Å²) in [5.41, 5.74) is 9.79. The van der Waals surface area contributed by atoms with E-state index in [4.69, 9.17) is 10.0 Å². The van der Waals surface area contributed by atoms with Crippen LogP contribution in [0, 0.1) is 0 Å². The summed E-state index contributed by atoms with van der Waals surface area (Å²) >= 11 is 0. The van der Waals surface area contributed by atoms with Crippen LogP contribution in [-0.2, 0) is 6.54 Å². The van der Waals surface area contributed by atoms with Gasteiger partial charge in [-0.25, -0.2) is 4.57 Å². The van der Waals surface area contributed by atoms with E-state index in [1.807, 2.05) is 12.1 Å². The van der Waals surface area contributed by atoms with Gasteiger partial charge < -0.3 is 37.1 Å². The second kappa shape index (κ2) is 19.2. The van der Waals surface area contributed by atoms with Crippen LogP contribution in [0.3, 0.4) is 0 Å². The maximum atomic E-state index is 9.78. The number of pyridine rings is 2. The first-order chi connectivity index (χ1) is 25.8. The largest absolute Gasteiger partial charge is 0.824 e. The van der Waals surface area contributed by atoms with Crippen LogP contribution in [0.2, 0.25) is 0 Å². The van der Waals surface area contributed by atoms with Crippen molar-refractivity contribution >= 4 is 43.4 Å². The molecule has 0 fully saturated rings. The van der Waals surface area contributed by atoms with Crippen LogP contribution in [-0.4, -0.2) is 21.5 Å². The molecule has 7 rings (SSSR count). The third-order valence-electron chi connectivity index (χ3n) is 8.65. The monoisotopic (exact) mass is 716 g/mol. The molecule has 0 bridgehead atoms. The summed E-state index contributed by atoms with van der Waals surface area (Å²) in [6.07, 6.45) is 12.9. The van der Waals surface area contributed by atoms with Crippen LogP contribution < -0.4 is 29.0 Å². The Balaban J connectivity index is 0.000000617. The third kappa shape index (κ3) is 10.4. The summed E-state index contributed by atoms with van der Waals surface area (Å²) in [5, 5.41) is 16.4. The molecule has 1 atom stereocenters. The van der Waals surface area contributed by atoms with Crippen molar-refractivity contribution in [3.8, 4) is 11.1 Å². The van der Waals surface area contributed by atoms with E-state index >= 15 is 0 Å². The molecule has 6 aromatic rings. The minimum Gasteiger partial charge on any atom is -0.824 e. The summed E-state index contributed by atoms with van der Waals surface area (Å²) in [4.78, 5) is 4.88. The number of hydrogen-bond acceptors (Lipinski definition) is 4. The lowest BCUT2D eigenvalue weighted by atomic mass is 10.1. The zero-order valence-electron chi connectivity index (χ0n) is 29.0. The van der Waals surface area contributed by atoms with Crippen molar-refractivity contribution in [2.45, 2.75) is 25.4 Å². The topological polar surface area (TPSA) is 60.4 Å². The molecule has 3 heterocycles. The lowest BCUT2D eigenvalue weighted by Gasteiger charge is -2.40. The van der Waals surface area contributed by atoms with Gasteiger partial charge in [0.1, 0.15) is 6.54 Å². The average Bonchev–Trinajstić information content (AvgIpc) is 3.17. The zero-order chi connectivity index (χ0) is 37.6. The highest BCUT2D eigenvalue weighted by atomic mass is 19.2. The van der Waals surface area contributed by atoms with Gasteiger partial charge >= 0.3 is 14.9 Å². The van der Waals surface area contributed by atoms with Crippen LogP contribution in [0.4, 0.5) is 45.7 Å². The number of hydrogen-bond donors (Lipinski definition) is 0. The molecule has 0 aliphatic carbocycles. The van der Waals surface area contributed by atoms with Gasteiger partial charge in [0, 0.05) is 48.5 Å². The normalized spacial score (nSPS) is 11.8. The number of fused-ring (bicyclic) bond motifs is 2. The van der Waals surface area contributed by atoms with Gasteiger partial charge in [-0.1, -0.05) is 79.4 Å².